The average Bonchev–Trinajstić information content (AvgIpc) is 3.36. The van der Waals surface area contributed by atoms with Gasteiger partial charge in [-0.3, -0.25) is 14.7 Å². The van der Waals surface area contributed by atoms with Gasteiger partial charge in [0.1, 0.15) is 11.1 Å². The summed E-state index contributed by atoms with van der Waals surface area (Å²) >= 11 is 1.37. The lowest BCUT2D eigenvalue weighted by molar-refractivity contribution is -0.140. The van der Waals surface area contributed by atoms with Crippen molar-refractivity contribution >= 4 is 23.6 Å². The van der Waals surface area contributed by atoms with Crippen LogP contribution in [0.4, 0.5) is 0 Å². The quantitative estimate of drug-likeness (QED) is 0.127. The van der Waals surface area contributed by atoms with Crippen molar-refractivity contribution in [3.8, 4) is 0 Å². The molecule has 1 aliphatic heterocycles. The molecule has 0 radical (unpaired) electrons. The van der Waals surface area contributed by atoms with E-state index >= 15 is 0 Å². The molecule has 206 valence electrons. The number of amides is 1. The summed E-state index contributed by atoms with van der Waals surface area (Å²) < 4.78 is 0. The highest BCUT2D eigenvalue weighted by atomic mass is 32.2. The lowest BCUT2D eigenvalue weighted by atomic mass is 10.0. The second-order valence-electron chi connectivity index (χ2n) is 10.1. The second kappa shape index (κ2) is 20.0. The molecule has 0 saturated carbocycles. The van der Waals surface area contributed by atoms with Gasteiger partial charge in [0.15, 0.2) is 0 Å². The predicted octanol–water partition coefficient (Wildman–Crippen LogP) is 9.18. The van der Waals surface area contributed by atoms with E-state index in [1.807, 2.05) is 12.1 Å². The molecule has 0 fully saturated rings. The van der Waals surface area contributed by atoms with Crippen LogP contribution in [0.2, 0.25) is 0 Å². The summed E-state index contributed by atoms with van der Waals surface area (Å²) in [7, 11) is 0. The number of carbonyl (C=O) groups excluding carboxylic acids is 1. The van der Waals surface area contributed by atoms with Crippen molar-refractivity contribution in [3.05, 3.63) is 53.3 Å². The van der Waals surface area contributed by atoms with E-state index in [-0.39, 0.29) is 17.0 Å². The van der Waals surface area contributed by atoms with E-state index in [4.69, 9.17) is 0 Å². The SMILES string of the molecule is CCCCCCCCC=CCCCCCCCCCCCC(=O)N1C(C(=O)O)=CSC1c1ccncc1. The first kappa shape index (κ1) is 31.1. The maximum atomic E-state index is 12.9. The van der Waals surface area contributed by atoms with Crippen LogP contribution >= 0.6 is 11.8 Å². The zero-order valence-corrected chi connectivity index (χ0v) is 23.7. The Kier molecular flexibility index (Phi) is 16.8. The van der Waals surface area contributed by atoms with Crippen LogP contribution in [0.25, 0.3) is 0 Å². The summed E-state index contributed by atoms with van der Waals surface area (Å²) in [6.07, 6.45) is 29.9. The van der Waals surface area contributed by atoms with Crippen molar-refractivity contribution < 1.29 is 14.7 Å². The number of carboxylic acid groups (broad SMARTS) is 1. The second-order valence-corrected chi connectivity index (χ2v) is 11.0. The number of carboxylic acids is 1. The number of hydrogen-bond acceptors (Lipinski definition) is 4. The third kappa shape index (κ3) is 12.8. The van der Waals surface area contributed by atoms with Crippen LogP contribution in [-0.2, 0) is 9.59 Å². The van der Waals surface area contributed by atoms with Gasteiger partial charge in [-0.1, -0.05) is 96.1 Å². The van der Waals surface area contributed by atoms with Crippen LogP contribution in [0.15, 0.2) is 47.8 Å². The molecule has 5 nitrogen and oxygen atoms in total. The molecule has 1 unspecified atom stereocenters. The molecule has 1 aromatic rings. The molecule has 1 atom stereocenters. The zero-order valence-electron chi connectivity index (χ0n) is 22.9. The fourth-order valence-corrected chi connectivity index (χ4v) is 5.86. The van der Waals surface area contributed by atoms with Crippen LogP contribution in [0.5, 0.6) is 0 Å². The maximum absolute atomic E-state index is 12.9. The molecular weight excluding hydrogens is 480 g/mol. The summed E-state index contributed by atoms with van der Waals surface area (Å²) in [6.45, 7) is 2.27. The van der Waals surface area contributed by atoms with Gasteiger partial charge >= 0.3 is 5.97 Å². The van der Waals surface area contributed by atoms with Gasteiger partial charge in [-0.2, -0.15) is 0 Å². The van der Waals surface area contributed by atoms with E-state index in [1.165, 1.54) is 107 Å². The van der Waals surface area contributed by atoms with Crippen molar-refractivity contribution in [3.63, 3.8) is 0 Å². The topological polar surface area (TPSA) is 70.5 Å². The maximum Gasteiger partial charge on any atom is 0.353 e. The number of aromatic nitrogens is 1. The minimum Gasteiger partial charge on any atom is -0.477 e. The van der Waals surface area contributed by atoms with E-state index in [0.717, 1.165) is 24.8 Å². The summed E-state index contributed by atoms with van der Waals surface area (Å²) in [5.74, 6) is -1.16. The largest absolute Gasteiger partial charge is 0.477 e. The molecule has 1 aromatic heterocycles. The number of allylic oxidation sites excluding steroid dienone is 2. The Morgan fingerprint density at radius 3 is 1.89 bits per heavy atom. The first-order valence-corrected chi connectivity index (χ1v) is 15.5. The van der Waals surface area contributed by atoms with Crippen LogP contribution in [0.3, 0.4) is 0 Å². The summed E-state index contributed by atoms with van der Waals surface area (Å²) in [5.41, 5.74) is 0.968. The lowest BCUT2D eigenvalue weighted by Gasteiger charge is -2.25. The van der Waals surface area contributed by atoms with Crippen LogP contribution in [0.1, 0.15) is 133 Å². The van der Waals surface area contributed by atoms with E-state index in [9.17, 15) is 14.7 Å². The average molecular weight is 529 g/mol. The first-order valence-electron chi connectivity index (χ1n) is 14.6. The Morgan fingerprint density at radius 2 is 1.35 bits per heavy atom. The van der Waals surface area contributed by atoms with Crippen LogP contribution in [-0.4, -0.2) is 26.9 Å². The number of hydrogen-bond donors (Lipinski definition) is 1. The van der Waals surface area contributed by atoms with E-state index < -0.39 is 5.97 Å². The molecule has 37 heavy (non-hydrogen) atoms. The number of unbranched alkanes of at least 4 members (excludes halogenated alkanes) is 15. The third-order valence-electron chi connectivity index (χ3n) is 6.93. The molecule has 1 aliphatic rings. The van der Waals surface area contributed by atoms with Gasteiger partial charge in [-0.25, -0.2) is 4.79 Å². The minimum atomic E-state index is -1.05. The van der Waals surface area contributed by atoms with Crippen molar-refractivity contribution in [2.75, 3.05) is 0 Å². The van der Waals surface area contributed by atoms with Crippen LogP contribution in [0, 0.1) is 0 Å². The summed E-state index contributed by atoms with van der Waals surface area (Å²) in [5, 5.41) is 10.8. The number of thioether (sulfide) groups is 1. The Labute approximate surface area is 229 Å². The molecule has 2 heterocycles. The fraction of sp³-hybridized carbons (Fsp3) is 0.645. The van der Waals surface area contributed by atoms with Gasteiger partial charge < -0.3 is 5.11 Å². The Bertz CT molecular complexity index is 825. The van der Waals surface area contributed by atoms with Gasteiger partial charge in [-0.15, -0.1) is 11.8 Å². The van der Waals surface area contributed by atoms with Crippen molar-refractivity contribution in [1.82, 2.24) is 9.88 Å². The minimum absolute atomic E-state index is 0.0742. The molecule has 1 N–H and O–H groups in total. The number of aliphatic carboxylic acids is 1. The molecule has 0 aliphatic carbocycles. The van der Waals surface area contributed by atoms with Crippen molar-refractivity contribution in [2.45, 2.75) is 128 Å². The van der Waals surface area contributed by atoms with E-state index in [0.29, 0.717) is 6.42 Å². The summed E-state index contributed by atoms with van der Waals surface area (Å²) in [4.78, 5) is 30.0. The standard InChI is InChI=1S/C31H48N2O3S/c1-2-3-4-5-6-7-8-9-10-11-12-13-14-15-16-17-18-19-20-21-29(34)33-28(31(35)36)26-37-30(33)27-22-24-32-25-23-27/h9-10,22-26,30H,2-8,11-21H2,1H3,(H,35,36). The Hall–Kier alpha value is -2.08. The molecule has 0 bridgehead atoms. The van der Waals surface area contributed by atoms with E-state index in [1.54, 1.807) is 17.8 Å². The first-order chi connectivity index (χ1) is 18.1. The monoisotopic (exact) mass is 528 g/mol. The number of rotatable bonds is 21. The molecule has 0 aromatic carbocycles. The predicted molar refractivity (Wildman–Crippen MR) is 155 cm³/mol. The number of nitrogens with zero attached hydrogens (tertiary/aromatic N) is 2. The van der Waals surface area contributed by atoms with Gasteiger partial charge in [0.05, 0.1) is 0 Å². The van der Waals surface area contributed by atoms with Crippen molar-refractivity contribution in [1.29, 1.82) is 0 Å². The fourth-order valence-electron chi connectivity index (χ4n) is 4.72. The van der Waals surface area contributed by atoms with Gasteiger partial charge in [0.25, 0.3) is 0 Å². The van der Waals surface area contributed by atoms with Crippen LogP contribution < -0.4 is 0 Å². The third-order valence-corrected chi connectivity index (χ3v) is 8.03. The molecule has 0 saturated heterocycles. The van der Waals surface area contributed by atoms with Crippen molar-refractivity contribution in [2.24, 2.45) is 0 Å². The highest BCUT2D eigenvalue weighted by molar-refractivity contribution is 8.02. The summed E-state index contributed by atoms with van der Waals surface area (Å²) in [6, 6.07) is 3.68. The Morgan fingerprint density at radius 1 is 0.838 bits per heavy atom. The Balaban J connectivity index is 1.46. The number of pyridine rings is 1. The molecule has 2 rings (SSSR count). The van der Waals surface area contributed by atoms with Gasteiger partial charge in [0.2, 0.25) is 5.91 Å². The smallest absolute Gasteiger partial charge is 0.353 e. The zero-order chi connectivity index (χ0) is 26.6. The van der Waals surface area contributed by atoms with Gasteiger partial charge in [0, 0.05) is 24.2 Å². The molecule has 0 spiro atoms. The lowest BCUT2D eigenvalue weighted by Crippen LogP contribution is -2.32. The highest BCUT2D eigenvalue weighted by Gasteiger charge is 2.36. The van der Waals surface area contributed by atoms with E-state index in [2.05, 4.69) is 24.1 Å². The normalized spacial score (nSPS) is 15.4. The van der Waals surface area contributed by atoms with Gasteiger partial charge in [-0.05, 0) is 49.8 Å². The highest BCUT2D eigenvalue weighted by Crippen LogP contribution is 2.43. The molecule has 1 amide bonds. The molecular formula is C31H48N2O3S. The molecule has 6 heteroatoms. The number of carbonyl (C=O) groups is 2.